The second-order valence-corrected chi connectivity index (χ2v) is 12.9. The van der Waals surface area contributed by atoms with Gasteiger partial charge in [-0.2, -0.15) is 13.2 Å². The monoisotopic (exact) mass is 661 g/mol. The topological polar surface area (TPSA) is 109 Å². The number of thiazole rings is 1. The number of halogens is 3. The first-order chi connectivity index (χ1) is 22.1. The maximum Gasteiger partial charge on any atom is 0.418 e. The molecule has 5 aromatic rings. The first kappa shape index (κ1) is 29.8. The minimum Gasteiger partial charge on any atom is -0.484 e. The molecule has 0 spiro atoms. The maximum absolute atomic E-state index is 13.9. The number of hydrogen-bond acceptors (Lipinski definition) is 7. The Kier molecular flexibility index (Phi) is 7.44. The summed E-state index contributed by atoms with van der Waals surface area (Å²) in [7, 11) is 0. The van der Waals surface area contributed by atoms with Gasteiger partial charge in [-0.05, 0) is 41.3 Å². The number of alkyl halides is 3. The SMILES string of the molecule is O=C(COc1ccc([C@H]2c3sc(=O)[nH]c3SC3C(=O)N(c4ccccc4C(F)(F)F)C(=O)C32)cc1)Nc1cccc2ccccc12. The Bertz CT molecular complexity index is 2070. The highest BCUT2D eigenvalue weighted by atomic mass is 32.2. The number of H-pyrrole nitrogens is 1. The van der Waals surface area contributed by atoms with Gasteiger partial charge in [0.15, 0.2) is 6.61 Å². The van der Waals surface area contributed by atoms with E-state index in [2.05, 4.69) is 10.3 Å². The van der Waals surface area contributed by atoms with Crippen molar-refractivity contribution in [1.29, 1.82) is 0 Å². The zero-order valence-electron chi connectivity index (χ0n) is 23.5. The van der Waals surface area contributed by atoms with Crippen molar-refractivity contribution in [3.63, 3.8) is 0 Å². The van der Waals surface area contributed by atoms with E-state index in [9.17, 15) is 32.3 Å². The number of amides is 3. The van der Waals surface area contributed by atoms with Crippen molar-refractivity contribution in [2.24, 2.45) is 5.92 Å². The Morgan fingerprint density at radius 3 is 2.39 bits per heavy atom. The number of hydrogen-bond donors (Lipinski definition) is 2. The van der Waals surface area contributed by atoms with Crippen molar-refractivity contribution in [2.75, 3.05) is 16.8 Å². The molecule has 2 aliphatic rings. The maximum atomic E-state index is 13.9. The Labute approximate surface area is 267 Å². The third-order valence-corrected chi connectivity index (χ3v) is 10.3. The zero-order valence-corrected chi connectivity index (χ0v) is 25.2. The van der Waals surface area contributed by atoms with Crippen LogP contribution in [0.25, 0.3) is 10.8 Å². The molecule has 8 nitrogen and oxygen atoms in total. The molecule has 7 rings (SSSR count). The zero-order chi connectivity index (χ0) is 32.2. The van der Waals surface area contributed by atoms with Gasteiger partial charge in [0.05, 0.1) is 22.2 Å². The summed E-state index contributed by atoms with van der Waals surface area (Å²) in [6.07, 6.45) is -4.79. The van der Waals surface area contributed by atoms with Crippen LogP contribution in [0.3, 0.4) is 0 Å². The lowest BCUT2D eigenvalue weighted by molar-refractivity contribution is -0.137. The summed E-state index contributed by atoms with van der Waals surface area (Å²) in [6.45, 7) is -0.280. The van der Waals surface area contributed by atoms with Crippen LogP contribution in [0.1, 0.15) is 21.9 Å². The van der Waals surface area contributed by atoms with Crippen molar-refractivity contribution in [1.82, 2.24) is 4.98 Å². The second-order valence-electron chi connectivity index (χ2n) is 10.7. The fourth-order valence-electron chi connectivity index (χ4n) is 5.96. The number of nitrogens with one attached hydrogen (secondary N) is 2. The highest BCUT2D eigenvalue weighted by molar-refractivity contribution is 8.00. The molecule has 0 radical (unpaired) electrons. The first-order valence-electron chi connectivity index (χ1n) is 14.0. The van der Waals surface area contributed by atoms with Gasteiger partial charge >= 0.3 is 11.0 Å². The van der Waals surface area contributed by atoms with Gasteiger partial charge in [0.25, 0.3) is 5.91 Å². The first-order valence-corrected chi connectivity index (χ1v) is 15.7. The molecular formula is C33H22F3N3O5S2. The Hall–Kier alpha value is -4.88. The summed E-state index contributed by atoms with van der Waals surface area (Å²) in [6, 6.07) is 24.2. The third kappa shape index (κ3) is 5.24. The van der Waals surface area contributed by atoms with Gasteiger partial charge < -0.3 is 15.0 Å². The van der Waals surface area contributed by atoms with Crippen LogP contribution in [0.15, 0.2) is 101 Å². The summed E-state index contributed by atoms with van der Waals surface area (Å²) in [5.74, 6) is -3.42. The van der Waals surface area contributed by atoms with Crippen LogP contribution in [0, 0.1) is 5.92 Å². The minimum atomic E-state index is -4.79. The van der Waals surface area contributed by atoms with Crippen molar-refractivity contribution in [3.8, 4) is 5.75 Å². The summed E-state index contributed by atoms with van der Waals surface area (Å²) in [5.41, 5.74) is -0.408. The van der Waals surface area contributed by atoms with Gasteiger partial charge in [-0.15, -0.1) is 0 Å². The minimum absolute atomic E-state index is 0.280. The fourth-order valence-corrected chi connectivity index (χ4v) is 8.48. The molecule has 13 heteroatoms. The quantitative estimate of drug-likeness (QED) is 0.203. The van der Waals surface area contributed by atoms with E-state index in [4.69, 9.17) is 4.74 Å². The van der Waals surface area contributed by atoms with Crippen LogP contribution in [-0.2, 0) is 20.6 Å². The van der Waals surface area contributed by atoms with E-state index in [1.807, 2.05) is 36.4 Å². The van der Waals surface area contributed by atoms with Crippen molar-refractivity contribution in [2.45, 2.75) is 22.4 Å². The van der Waals surface area contributed by atoms with E-state index in [1.165, 1.54) is 12.1 Å². The van der Waals surface area contributed by atoms with Gasteiger partial charge in [-0.25, -0.2) is 4.90 Å². The van der Waals surface area contributed by atoms with Crippen LogP contribution < -0.4 is 19.8 Å². The Morgan fingerprint density at radius 1 is 0.891 bits per heavy atom. The van der Waals surface area contributed by atoms with Crippen LogP contribution in [0.4, 0.5) is 24.5 Å². The molecule has 2 unspecified atom stereocenters. The molecule has 4 aromatic carbocycles. The molecule has 1 fully saturated rings. The molecule has 3 heterocycles. The molecule has 3 atom stereocenters. The largest absolute Gasteiger partial charge is 0.484 e. The van der Waals surface area contributed by atoms with E-state index in [0.29, 0.717) is 31.8 Å². The average molecular weight is 662 g/mol. The number of para-hydroxylation sites is 1. The summed E-state index contributed by atoms with van der Waals surface area (Å²) in [5, 5.41) is 4.07. The highest BCUT2D eigenvalue weighted by Gasteiger charge is 2.57. The number of thioether (sulfide) groups is 1. The predicted molar refractivity (Wildman–Crippen MR) is 168 cm³/mol. The number of rotatable bonds is 6. The van der Waals surface area contributed by atoms with Crippen molar-refractivity contribution in [3.05, 3.63) is 117 Å². The van der Waals surface area contributed by atoms with E-state index in [-0.39, 0.29) is 17.4 Å². The molecule has 1 aromatic heterocycles. The molecule has 46 heavy (non-hydrogen) atoms. The molecule has 0 saturated carbocycles. The number of fused-ring (bicyclic) bond motifs is 3. The highest BCUT2D eigenvalue weighted by Crippen LogP contribution is 2.54. The standard InChI is InChI=1S/C33H22F3N3O5S2/c34-33(35,36)21-9-3-4-11-23(21)39-30(41)26-25(27-29(38-32(43)46-27)45-28(26)31(39)42)18-12-14-19(15-13-18)44-16-24(40)37-22-10-5-7-17-6-1-2-8-20(17)22/h1-15,25-26,28H,16H2,(H,37,40)(H,38,43)/t25-,26?,28?/m1/s1. The van der Waals surface area contributed by atoms with Crippen LogP contribution in [0.5, 0.6) is 5.75 Å². The number of carbonyl (C=O) groups excluding carboxylic acids is 3. The van der Waals surface area contributed by atoms with Crippen LogP contribution in [0.2, 0.25) is 0 Å². The lowest BCUT2D eigenvalue weighted by Crippen LogP contribution is -2.33. The molecule has 0 bridgehead atoms. The van der Waals surface area contributed by atoms with E-state index >= 15 is 0 Å². The summed E-state index contributed by atoms with van der Waals surface area (Å²) >= 11 is 1.87. The molecule has 0 aliphatic carbocycles. The van der Waals surface area contributed by atoms with E-state index < -0.39 is 46.3 Å². The van der Waals surface area contributed by atoms with Gasteiger partial charge in [-0.1, -0.05) is 83.8 Å². The third-order valence-electron chi connectivity index (χ3n) is 7.95. The Balaban J connectivity index is 1.14. The average Bonchev–Trinajstić information content (AvgIpc) is 3.54. The number of ether oxygens (including phenoxy) is 1. The van der Waals surface area contributed by atoms with Crippen LogP contribution in [-0.4, -0.2) is 34.6 Å². The van der Waals surface area contributed by atoms with Gasteiger partial charge in [0.2, 0.25) is 11.8 Å². The fraction of sp³-hybridized carbons (Fsp3) is 0.152. The van der Waals surface area contributed by atoms with Crippen molar-refractivity contribution >= 4 is 63.0 Å². The van der Waals surface area contributed by atoms with Gasteiger partial charge in [-0.3, -0.25) is 19.2 Å². The molecule has 2 aliphatic heterocycles. The molecular weight excluding hydrogens is 640 g/mol. The number of aromatic amines is 1. The van der Waals surface area contributed by atoms with Gasteiger partial charge in [0.1, 0.15) is 11.0 Å². The molecule has 3 amide bonds. The lowest BCUT2D eigenvalue weighted by Gasteiger charge is -2.29. The normalized spacial score (nSPS) is 19.2. The lowest BCUT2D eigenvalue weighted by atomic mass is 9.83. The number of benzene rings is 4. The summed E-state index contributed by atoms with van der Waals surface area (Å²) < 4.78 is 47.3. The number of carbonyl (C=O) groups is 3. The van der Waals surface area contributed by atoms with Crippen molar-refractivity contribution < 1.29 is 32.3 Å². The predicted octanol–water partition coefficient (Wildman–Crippen LogP) is 6.42. The molecule has 1 saturated heterocycles. The second kappa shape index (κ2) is 11.5. The van der Waals surface area contributed by atoms with E-state index in [1.54, 1.807) is 30.3 Å². The van der Waals surface area contributed by atoms with Gasteiger partial charge in [0, 0.05) is 21.9 Å². The number of aromatic nitrogens is 1. The van der Waals surface area contributed by atoms with Crippen LogP contribution >= 0.6 is 23.1 Å². The van der Waals surface area contributed by atoms with E-state index in [0.717, 1.165) is 46.0 Å². The Morgan fingerprint density at radius 2 is 1.61 bits per heavy atom. The number of imide groups is 1. The summed E-state index contributed by atoms with van der Waals surface area (Å²) in [4.78, 5) is 56.0. The molecule has 232 valence electrons. The smallest absolute Gasteiger partial charge is 0.418 e. The number of anilines is 2. The number of nitrogens with zero attached hydrogens (tertiary/aromatic N) is 1. The molecule has 2 N–H and O–H groups in total.